The van der Waals surface area contributed by atoms with Crippen LogP contribution in [-0.2, 0) is 10.0 Å². The number of aromatic nitrogens is 1. The Balaban J connectivity index is 1.92. The molecule has 24 heavy (non-hydrogen) atoms. The molecule has 1 aromatic heterocycles. The SMILES string of the molecule is CC(C)CN1CCN(c2ccc(S(N)(=O)=O)c3cccnc23)CC1. The van der Waals surface area contributed by atoms with Crippen LogP contribution in [0.2, 0.25) is 0 Å². The highest BCUT2D eigenvalue weighted by atomic mass is 32.2. The van der Waals surface area contributed by atoms with Crippen LogP contribution in [0.4, 0.5) is 5.69 Å². The fraction of sp³-hybridized carbons (Fsp3) is 0.471. The average molecular weight is 348 g/mol. The molecule has 0 atom stereocenters. The lowest BCUT2D eigenvalue weighted by Gasteiger charge is -2.37. The highest BCUT2D eigenvalue weighted by Crippen LogP contribution is 2.30. The van der Waals surface area contributed by atoms with Crippen molar-refractivity contribution in [2.45, 2.75) is 18.7 Å². The van der Waals surface area contributed by atoms with Crippen LogP contribution in [0.25, 0.3) is 10.9 Å². The number of nitrogens with zero attached hydrogens (tertiary/aromatic N) is 3. The Morgan fingerprint density at radius 3 is 2.50 bits per heavy atom. The van der Waals surface area contributed by atoms with E-state index >= 15 is 0 Å². The molecule has 7 heteroatoms. The van der Waals surface area contributed by atoms with Crippen LogP contribution in [0, 0.1) is 5.92 Å². The minimum Gasteiger partial charge on any atom is -0.367 e. The Labute approximate surface area is 143 Å². The van der Waals surface area contributed by atoms with E-state index in [-0.39, 0.29) is 4.90 Å². The lowest BCUT2D eigenvalue weighted by Crippen LogP contribution is -2.47. The zero-order chi connectivity index (χ0) is 17.3. The van der Waals surface area contributed by atoms with Gasteiger partial charge in [0.1, 0.15) is 0 Å². The number of fused-ring (bicyclic) bond motifs is 1. The molecule has 0 aliphatic carbocycles. The molecule has 0 spiro atoms. The molecule has 2 aromatic rings. The molecule has 1 aromatic carbocycles. The van der Waals surface area contributed by atoms with Crippen molar-refractivity contribution in [1.82, 2.24) is 9.88 Å². The number of primary sulfonamides is 1. The van der Waals surface area contributed by atoms with Crippen LogP contribution < -0.4 is 10.0 Å². The second-order valence-electron chi connectivity index (χ2n) is 6.71. The highest BCUT2D eigenvalue weighted by molar-refractivity contribution is 7.89. The Hall–Kier alpha value is -1.70. The number of pyridine rings is 1. The van der Waals surface area contributed by atoms with E-state index in [2.05, 4.69) is 28.6 Å². The van der Waals surface area contributed by atoms with Gasteiger partial charge >= 0.3 is 0 Å². The van der Waals surface area contributed by atoms with Crippen molar-refractivity contribution in [2.24, 2.45) is 11.1 Å². The van der Waals surface area contributed by atoms with E-state index < -0.39 is 10.0 Å². The van der Waals surface area contributed by atoms with E-state index in [9.17, 15) is 8.42 Å². The maximum atomic E-state index is 11.8. The number of nitrogens with two attached hydrogens (primary N) is 1. The summed E-state index contributed by atoms with van der Waals surface area (Å²) in [6, 6.07) is 6.92. The van der Waals surface area contributed by atoms with Crippen molar-refractivity contribution in [1.29, 1.82) is 0 Å². The van der Waals surface area contributed by atoms with Crippen LogP contribution >= 0.6 is 0 Å². The zero-order valence-corrected chi connectivity index (χ0v) is 15.0. The molecule has 2 heterocycles. The molecule has 1 aliphatic heterocycles. The van der Waals surface area contributed by atoms with Gasteiger partial charge in [0.25, 0.3) is 0 Å². The molecule has 0 amide bonds. The Bertz CT molecular complexity index is 828. The molecule has 0 saturated carbocycles. The van der Waals surface area contributed by atoms with Gasteiger partial charge in [-0.15, -0.1) is 0 Å². The summed E-state index contributed by atoms with van der Waals surface area (Å²) in [5.41, 5.74) is 1.67. The van der Waals surface area contributed by atoms with Crippen molar-refractivity contribution in [2.75, 3.05) is 37.6 Å². The summed E-state index contributed by atoms with van der Waals surface area (Å²) in [5, 5.41) is 5.93. The van der Waals surface area contributed by atoms with Gasteiger partial charge in [0.05, 0.1) is 16.1 Å². The maximum Gasteiger partial charge on any atom is 0.238 e. The standard InChI is InChI=1S/C17H24N4O2S/c1-13(2)12-20-8-10-21(11-9-20)15-5-6-16(24(18,22)23)14-4-3-7-19-17(14)15/h3-7,13H,8-12H2,1-2H3,(H2,18,22,23). The van der Waals surface area contributed by atoms with Gasteiger partial charge in [0.2, 0.25) is 10.0 Å². The van der Waals surface area contributed by atoms with E-state index in [1.807, 2.05) is 6.07 Å². The summed E-state index contributed by atoms with van der Waals surface area (Å²) in [6.07, 6.45) is 1.69. The van der Waals surface area contributed by atoms with Crippen LogP contribution in [0.3, 0.4) is 0 Å². The van der Waals surface area contributed by atoms with Crippen LogP contribution in [0.1, 0.15) is 13.8 Å². The first-order valence-electron chi connectivity index (χ1n) is 8.24. The summed E-state index contributed by atoms with van der Waals surface area (Å²) in [5.74, 6) is 0.660. The number of hydrogen-bond acceptors (Lipinski definition) is 5. The van der Waals surface area contributed by atoms with Gasteiger partial charge in [-0.1, -0.05) is 13.8 Å². The Kier molecular flexibility index (Phi) is 4.76. The fourth-order valence-corrected chi connectivity index (χ4v) is 4.05. The largest absolute Gasteiger partial charge is 0.367 e. The first-order chi connectivity index (χ1) is 11.4. The molecule has 3 rings (SSSR count). The predicted molar refractivity (Wildman–Crippen MR) is 96.6 cm³/mol. The molecule has 6 nitrogen and oxygen atoms in total. The van der Waals surface area contributed by atoms with Gasteiger partial charge in [-0.05, 0) is 30.2 Å². The van der Waals surface area contributed by atoms with E-state index in [0.29, 0.717) is 16.8 Å². The van der Waals surface area contributed by atoms with E-state index in [0.717, 1.165) is 38.4 Å². The summed E-state index contributed by atoms with van der Waals surface area (Å²) >= 11 is 0. The van der Waals surface area contributed by atoms with E-state index in [1.165, 1.54) is 0 Å². The Morgan fingerprint density at radius 2 is 1.88 bits per heavy atom. The molecule has 1 aliphatic rings. The lowest BCUT2D eigenvalue weighted by molar-refractivity contribution is 0.231. The van der Waals surface area contributed by atoms with Crippen LogP contribution in [0.5, 0.6) is 0 Å². The zero-order valence-electron chi connectivity index (χ0n) is 14.1. The lowest BCUT2D eigenvalue weighted by atomic mass is 10.1. The molecule has 0 unspecified atom stereocenters. The summed E-state index contributed by atoms with van der Waals surface area (Å²) in [4.78, 5) is 9.30. The van der Waals surface area contributed by atoms with Crippen molar-refractivity contribution < 1.29 is 8.42 Å². The quantitative estimate of drug-likeness (QED) is 0.909. The summed E-state index contributed by atoms with van der Waals surface area (Å²) < 4.78 is 23.6. The first-order valence-corrected chi connectivity index (χ1v) is 9.79. The molecular weight excluding hydrogens is 324 g/mol. The number of piperazine rings is 1. The summed E-state index contributed by atoms with van der Waals surface area (Å²) in [7, 11) is -3.77. The van der Waals surface area contributed by atoms with Gasteiger partial charge < -0.3 is 4.90 Å². The predicted octanol–water partition coefficient (Wildman–Crippen LogP) is 1.66. The van der Waals surface area contributed by atoms with E-state index in [4.69, 9.17) is 5.14 Å². The van der Waals surface area contributed by atoms with Gasteiger partial charge in [-0.3, -0.25) is 9.88 Å². The highest BCUT2D eigenvalue weighted by Gasteiger charge is 2.22. The third-order valence-electron chi connectivity index (χ3n) is 4.35. The number of sulfonamides is 1. The first kappa shape index (κ1) is 17.1. The third kappa shape index (κ3) is 3.53. The fourth-order valence-electron chi connectivity index (χ4n) is 3.32. The number of anilines is 1. The van der Waals surface area contributed by atoms with Crippen molar-refractivity contribution >= 4 is 26.6 Å². The molecule has 0 radical (unpaired) electrons. The monoisotopic (exact) mass is 348 g/mol. The summed E-state index contributed by atoms with van der Waals surface area (Å²) in [6.45, 7) is 9.40. The minimum atomic E-state index is -3.77. The molecule has 130 valence electrons. The Morgan fingerprint density at radius 1 is 1.17 bits per heavy atom. The van der Waals surface area contributed by atoms with Gasteiger partial charge in [-0.2, -0.15) is 0 Å². The van der Waals surface area contributed by atoms with Gasteiger partial charge in [0.15, 0.2) is 0 Å². The molecule has 1 fully saturated rings. The number of rotatable bonds is 4. The maximum absolute atomic E-state index is 11.8. The number of benzene rings is 1. The topological polar surface area (TPSA) is 79.5 Å². The molecule has 0 bridgehead atoms. The van der Waals surface area contributed by atoms with Gasteiger partial charge in [-0.25, -0.2) is 13.6 Å². The third-order valence-corrected chi connectivity index (χ3v) is 5.32. The van der Waals surface area contributed by atoms with Gasteiger partial charge in [0, 0.05) is 44.3 Å². The molecule has 2 N–H and O–H groups in total. The second kappa shape index (κ2) is 6.66. The molecular formula is C17H24N4O2S. The van der Waals surface area contributed by atoms with Crippen LogP contribution in [-0.4, -0.2) is 51.0 Å². The van der Waals surface area contributed by atoms with Crippen LogP contribution in [0.15, 0.2) is 35.4 Å². The normalized spacial score (nSPS) is 16.9. The van der Waals surface area contributed by atoms with Crippen molar-refractivity contribution in [3.8, 4) is 0 Å². The second-order valence-corrected chi connectivity index (χ2v) is 8.24. The van der Waals surface area contributed by atoms with Crippen molar-refractivity contribution in [3.63, 3.8) is 0 Å². The minimum absolute atomic E-state index is 0.132. The smallest absolute Gasteiger partial charge is 0.238 e. The molecule has 1 saturated heterocycles. The number of hydrogen-bond donors (Lipinski definition) is 1. The average Bonchev–Trinajstić information content (AvgIpc) is 2.53. The van der Waals surface area contributed by atoms with Crippen molar-refractivity contribution in [3.05, 3.63) is 30.5 Å². The van der Waals surface area contributed by atoms with E-state index in [1.54, 1.807) is 24.4 Å².